The van der Waals surface area contributed by atoms with E-state index < -0.39 is 5.92 Å². The van der Waals surface area contributed by atoms with Gasteiger partial charge in [0.2, 0.25) is 0 Å². The van der Waals surface area contributed by atoms with Gasteiger partial charge in [0.15, 0.2) is 0 Å². The first kappa shape index (κ1) is 29.1. The van der Waals surface area contributed by atoms with Crippen LogP contribution in [0.5, 0.6) is 0 Å². The van der Waals surface area contributed by atoms with E-state index in [0.717, 1.165) is 44.9 Å². The Hall–Kier alpha value is -1.90. The first-order valence-electron chi connectivity index (χ1n) is 12.0. The Balaban J connectivity index is 4.49. The maximum absolute atomic E-state index is 12.3. The molecule has 0 aromatic carbocycles. The van der Waals surface area contributed by atoms with Gasteiger partial charge in [0, 0.05) is 6.42 Å². The lowest BCUT2D eigenvalue weighted by atomic mass is 9.95. The summed E-state index contributed by atoms with van der Waals surface area (Å²) in [5.41, 5.74) is 5.50. The zero-order chi connectivity index (χ0) is 23.6. The summed E-state index contributed by atoms with van der Waals surface area (Å²) in [5, 5.41) is 0. The fraction of sp³-hybridized carbons (Fsp3) is 0.643. The van der Waals surface area contributed by atoms with Crippen molar-refractivity contribution in [2.24, 2.45) is 5.92 Å². The molecular weight excluding hydrogens is 384 g/mol. The molecule has 3 nitrogen and oxygen atoms in total. The second-order valence-corrected chi connectivity index (χ2v) is 8.81. The summed E-state index contributed by atoms with van der Waals surface area (Å²) in [6.45, 7) is 14.8. The second-order valence-electron chi connectivity index (χ2n) is 8.81. The van der Waals surface area contributed by atoms with Crippen LogP contribution >= 0.6 is 0 Å². The minimum atomic E-state index is -0.654. The minimum Gasteiger partial charge on any atom is -0.465 e. The lowest BCUT2D eigenvalue weighted by molar-refractivity contribution is -0.151. The summed E-state index contributed by atoms with van der Waals surface area (Å²) in [6, 6.07) is 0. The van der Waals surface area contributed by atoms with Crippen LogP contribution in [0.2, 0.25) is 0 Å². The molecule has 0 aromatic heterocycles. The molecule has 31 heavy (non-hydrogen) atoms. The summed E-state index contributed by atoms with van der Waals surface area (Å²) >= 11 is 0. The van der Waals surface area contributed by atoms with Gasteiger partial charge in [0.05, 0.1) is 6.61 Å². The summed E-state index contributed by atoms with van der Waals surface area (Å²) in [7, 11) is 0. The van der Waals surface area contributed by atoms with E-state index in [1.54, 1.807) is 6.92 Å². The number of esters is 1. The largest absolute Gasteiger partial charge is 0.465 e. The lowest BCUT2D eigenvalue weighted by Gasteiger charge is -2.13. The van der Waals surface area contributed by atoms with Crippen molar-refractivity contribution in [3.05, 3.63) is 46.6 Å². The molecule has 0 saturated carbocycles. The Morgan fingerprint density at radius 2 is 1.19 bits per heavy atom. The molecule has 0 heterocycles. The smallest absolute Gasteiger partial charge is 0.316 e. The third kappa shape index (κ3) is 15.5. The van der Waals surface area contributed by atoms with E-state index in [-0.39, 0.29) is 11.8 Å². The lowest BCUT2D eigenvalue weighted by Crippen LogP contribution is -2.25. The molecule has 0 amide bonds. The van der Waals surface area contributed by atoms with Gasteiger partial charge in [0.25, 0.3) is 0 Å². The molecule has 0 radical (unpaired) electrons. The Kier molecular flexibility index (Phi) is 16.7. The molecule has 1 unspecified atom stereocenters. The number of carbonyl (C=O) groups is 2. The van der Waals surface area contributed by atoms with Crippen molar-refractivity contribution in [1.82, 2.24) is 0 Å². The van der Waals surface area contributed by atoms with Gasteiger partial charge in [-0.2, -0.15) is 0 Å². The number of Topliss-reactive ketones (excluding diaryl/α,β-unsaturated/α-hetero) is 1. The Labute approximate surface area is 191 Å². The molecule has 0 aliphatic heterocycles. The summed E-state index contributed by atoms with van der Waals surface area (Å²) in [6.07, 6.45) is 17.1. The van der Waals surface area contributed by atoms with E-state index in [1.165, 1.54) is 22.3 Å². The average Bonchev–Trinajstić information content (AvgIpc) is 2.68. The molecule has 3 heteroatoms. The molecular formula is C28H46O3. The SMILES string of the molecule is CCCC(=O)C(CC=C(C)CCC=C(C)CCC=C(C)CCC=C(C)C)C(=O)OCC. The van der Waals surface area contributed by atoms with Crippen molar-refractivity contribution in [3.63, 3.8) is 0 Å². The first-order valence-corrected chi connectivity index (χ1v) is 12.0. The van der Waals surface area contributed by atoms with E-state index in [9.17, 15) is 9.59 Å². The zero-order valence-corrected chi connectivity index (χ0v) is 21.2. The van der Waals surface area contributed by atoms with Crippen molar-refractivity contribution >= 4 is 11.8 Å². The van der Waals surface area contributed by atoms with Crippen LogP contribution in [-0.4, -0.2) is 18.4 Å². The number of rotatable bonds is 16. The highest BCUT2D eigenvalue weighted by atomic mass is 16.5. The number of hydrogen-bond acceptors (Lipinski definition) is 3. The van der Waals surface area contributed by atoms with Crippen molar-refractivity contribution in [1.29, 1.82) is 0 Å². The first-order chi connectivity index (χ1) is 14.7. The van der Waals surface area contributed by atoms with Crippen LogP contribution in [0.25, 0.3) is 0 Å². The fourth-order valence-corrected chi connectivity index (χ4v) is 3.33. The van der Waals surface area contributed by atoms with Crippen LogP contribution in [0.3, 0.4) is 0 Å². The van der Waals surface area contributed by atoms with Crippen LogP contribution in [0.1, 0.15) is 106 Å². The minimum absolute atomic E-state index is 0.00932. The molecule has 0 aliphatic carbocycles. The van der Waals surface area contributed by atoms with Gasteiger partial charge in [0.1, 0.15) is 11.7 Å². The molecule has 0 fully saturated rings. The average molecular weight is 431 g/mol. The van der Waals surface area contributed by atoms with Crippen molar-refractivity contribution in [2.45, 2.75) is 106 Å². The Morgan fingerprint density at radius 3 is 1.65 bits per heavy atom. The summed E-state index contributed by atoms with van der Waals surface area (Å²) in [4.78, 5) is 24.4. The molecule has 0 N–H and O–H groups in total. The predicted octanol–water partition coefficient (Wildman–Crippen LogP) is 8.07. The summed E-state index contributed by atoms with van der Waals surface area (Å²) in [5.74, 6) is -1.05. The van der Waals surface area contributed by atoms with Crippen molar-refractivity contribution in [3.8, 4) is 0 Å². The maximum Gasteiger partial charge on any atom is 0.316 e. The third-order valence-corrected chi connectivity index (χ3v) is 5.31. The second kappa shape index (κ2) is 17.7. The third-order valence-electron chi connectivity index (χ3n) is 5.31. The van der Waals surface area contributed by atoms with E-state index in [2.05, 4.69) is 52.8 Å². The molecule has 0 aliphatic rings. The van der Waals surface area contributed by atoms with Gasteiger partial charge in [-0.15, -0.1) is 0 Å². The highest BCUT2D eigenvalue weighted by Gasteiger charge is 2.25. The topological polar surface area (TPSA) is 43.4 Å². The zero-order valence-electron chi connectivity index (χ0n) is 21.2. The normalized spacial score (nSPS) is 13.7. The molecule has 176 valence electrons. The predicted molar refractivity (Wildman–Crippen MR) is 133 cm³/mol. The van der Waals surface area contributed by atoms with E-state index in [1.807, 2.05) is 13.0 Å². The summed E-state index contributed by atoms with van der Waals surface area (Å²) < 4.78 is 5.10. The quantitative estimate of drug-likeness (QED) is 0.141. The van der Waals surface area contributed by atoms with Crippen molar-refractivity contribution in [2.75, 3.05) is 6.61 Å². The van der Waals surface area contributed by atoms with Crippen LogP contribution in [0.15, 0.2) is 46.6 Å². The highest BCUT2D eigenvalue weighted by molar-refractivity contribution is 5.99. The highest BCUT2D eigenvalue weighted by Crippen LogP contribution is 2.17. The van der Waals surface area contributed by atoms with Gasteiger partial charge in [-0.25, -0.2) is 0 Å². The number of hydrogen-bond donors (Lipinski definition) is 0. The Morgan fingerprint density at radius 1 is 0.710 bits per heavy atom. The van der Waals surface area contributed by atoms with Gasteiger partial charge >= 0.3 is 5.97 Å². The molecule has 0 rings (SSSR count). The van der Waals surface area contributed by atoms with E-state index in [4.69, 9.17) is 4.74 Å². The van der Waals surface area contributed by atoms with Gasteiger partial charge in [-0.3, -0.25) is 9.59 Å². The molecule has 0 bridgehead atoms. The van der Waals surface area contributed by atoms with Gasteiger partial charge < -0.3 is 4.74 Å². The van der Waals surface area contributed by atoms with Crippen LogP contribution in [0.4, 0.5) is 0 Å². The monoisotopic (exact) mass is 430 g/mol. The van der Waals surface area contributed by atoms with Crippen molar-refractivity contribution < 1.29 is 14.3 Å². The van der Waals surface area contributed by atoms with Crippen LogP contribution in [-0.2, 0) is 14.3 Å². The standard InChI is InChI=1S/C28H46O3/c1-8-13-27(29)26(28(30)31-9-2)21-20-25(7)19-12-18-24(6)17-11-16-23(5)15-10-14-22(3)4/h14,16,18,20,26H,8-13,15,17,19,21H2,1-7H3. The van der Waals surface area contributed by atoms with Crippen LogP contribution in [0, 0.1) is 5.92 Å². The number of allylic oxidation sites excluding steroid dienone is 8. The van der Waals surface area contributed by atoms with Gasteiger partial charge in [-0.05, 0) is 92.9 Å². The number of carbonyl (C=O) groups excluding carboxylic acids is 2. The molecule has 1 atom stereocenters. The fourth-order valence-electron chi connectivity index (χ4n) is 3.33. The molecule has 0 spiro atoms. The van der Waals surface area contributed by atoms with Gasteiger partial charge in [-0.1, -0.05) is 53.5 Å². The van der Waals surface area contributed by atoms with Crippen LogP contribution < -0.4 is 0 Å². The number of ketones is 1. The van der Waals surface area contributed by atoms with E-state index >= 15 is 0 Å². The maximum atomic E-state index is 12.3. The molecule has 0 aromatic rings. The molecule has 0 saturated heterocycles. The van der Waals surface area contributed by atoms with E-state index in [0.29, 0.717) is 19.4 Å². The Bertz CT molecular complexity index is 640. The number of ether oxygens (including phenoxy) is 1.